The molecule has 0 aliphatic rings. The molecule has 0 spiro atoms. The SMILES string of the molecule is CC(CCO)NC(=O)CSCc1cscn1. The molecule has 0 aliphatic heterocycles. The fourth-order valence-corrected chi connectivity index (χ4v) is 2.54. The van der Waals surface area contributed by atoms with Gasteiger partial charge in [0, 0.05) is 23.8 Å². The number of thioether (sulfide) groups is 1. The normalized spacial score (nSPS) is 12.4. The van der Waals surface area contributed by atoms with Crippen LogP contribution in [0.5, 0.6) is 0 Å². The summed E-state index contributed by atoms with van der Waals surface area (Å²) in [6.07, 6.45) is 0.600. The Bertz CT molecular complexity index is 304. The fourth-order valence-electron chi connectivity index (χ4n) is 1.14. The Morgan fingerprint density at radius 3 is 3.19 bits per heavy atom. The zero-order chi connectivity index (χ0) is 11.8. The van der Waals surface area contributed by atoms with Crippen LogP contribution >= 0.6 is 23.1 Å². The molecular formula is C10H16N2O2S2. The molecule has 0 saturated carbocycles. The van der Waals surface area contributed by atoms with Gasteiger partial charge in [-0.15, -0.1) is 23.1 Å². The zero-order valence-electron chi connectivity index (χ0n) is 9.18. The molecule has 0 aromatic carbocycles. The minimum Gasteiger partial charge on any atom is -0.396 e. The number of carbonyl (C=O) groups is 1. The van der Waals surface area contributed by atoms with Crippen LogP contribution in [0.3, 0.4) is 0 Å². The molecular weight excluding hydrogens is 244 g/mol. The molecule has 0 bridgehead atoms. The molecule has 4 nitrogen and oxygen atoms in total. The number of hydrogen-bond acceptors (Lipinski definition) is 5. The smallest absolute Gasteiger partial charge is 0.230 e. The minimum absolute atomic E-state index is 0.0150. The van der Waals surface area contributed by atoms with E-state index in [1.807, 2.05) is 12.3 Å². The van der Waals surface area contributed by atoms with Crippen LogP contribution in [0, 0.1) is 0 Å². The Hall–Kier alpha value is -0.590. The van der Waals surface area contributed by atoms with Crippen molar-refractivity contribution >= 4 is 29.0 Å². The van der Waals surface area contributed by atoms with E-state index in [1.54, 1.807) is 28.6 Å². The van der Waals surface area contributed by atoms with Gasteiger partial charge in [0.25, 0.3) is 0 Å². The maximum absolute atomic E-state index is 11.4. The predicted octanol–water partition coefficient (Wildman–Crippen LogP) is 1.26. The standard InChI is InChI=1S/C10H16N2O2S2/c1-8(2-3-13)12-10(14)6-15-4-9-5-16-7-11-9/h5,7-8,13H,2-4,6H2,1H3,(H,12,14). The summed E-state index contributed by atoms with van der Waals surface area (Å²) in [5, 5.41) is 13.5. The maximum atomic E-state index is 11.4. The number of thiazole rings is 1. The lowest BCUT2D eigenvalue weighted by atomic mass is 10.2. The van der Waals surface area contributed by atoms with Crippen molar-refractivity contribution < 1.29 is 9.90 Å². The Labute approximate surface area is 103 Å². The summed E-state index contributed by atoms with van der Waals surface area (Å²) >= 11 is 3.11. The summed E-state index contributed by atoms with van der Waals surface area (Å²) < 4.78 is 0. The van der Waals surface area contributed by atoms with Gasteiger partial charge in [-0.05, 0) is 13.3 Å². The second-order valence-electron chi connectivity index (χ2n) is 3.45. The number of rotatable bonds is 7. The van der Waals surface area contributed by atoms with Crippen molar-refractivity contribution in [1.82, 2.24) is 10.3 Å². The number of amides is 1. The Kier molecular flexibility index (Phi) is 6.44. The lowest BCUT2D eigenvalue weighted by Crippen LogP contribution is -2.34. The van der Waals surface area contributed by atoms with E-state index in [0.717, 1.165) is 11.4 Å². The Morgan fingerprint density at radius 2 is 2.56 bits per heavy atom. The molecule has 16 heavy (non-hydrogen) atoms. The summed E-state index contributed by atoms with van der Waals surface area (Å²) in [7, 11) is 0. The van der Waals surface area contributed by atoms with Gasteiger partial charge in [-0.2, -0.15) is 0 Å². The van der Waals surface area contributed by atoms with E-state index in [1.165, 1.54) is 0 Å². The zero-order valence-corrected chi connectivity index (χ0v) is 10.8. The summed E-state index contributed by atoms with van der Waals surface area (Å²) in [5.74, 6) is 1.22. The van der Waals surface area contributed by atoms with Crippen molar-refractivity contribution in [2.75, 3.05) is 12.4 Å². The molecule has 0 fully saturated rings. The van der Waals surface area contributed by atoms with Crippen LogP contribution < -0.4 is 5.32 Å². The summed E-state index contributed by atoms with van der Waals surface area (Å²) in [4.78, 5) is 15.6. The van der Waals surface area contributed by atoms with E-state index >= 15 is 0 Å². The van der Waals surface area contributed by atoms with E-state index < -0.39 is 0 Å². The van der Waals surface area contributed by atoms with Crippen molar-refractivity contribution in [3.63, 3.8) is 0 Å². The van der Waals surface area contributed by atoms with Crippen LogP contribution in [0.2, 0.25) is 0 Å². The van der Waals surface area contributed by atoms with Gasteiger partial charge in [-0.25, -0.2) is 4.98 Å². The van der Waals surface area contributed by atoms with Gasteiger partial charge in [0.1, 0.15) is 0 Å². The second-order valence-corrected chi connectivity index (χ2v) is 5.16. The average molecular weight is 260 g/mol. The highest BCUT2D eigenvalue weighted by atomic mass is 32.2. The largest absolute Gasteiger partial charge is 0.396 e. The summed E-state index contributed by atoms with van der Waals surface area (Å²) in [5.41, 5.74) is 2.81. The molecule has 90 valence electrons. The van der Waals surface area contributed by atoms with Gasteiger partial charge >= 0.3 is 0 Å². The molecule has 2 N–H and O–H groups in total. The molecule has 1 aromatic rings. The van der Waals surface area contributed by atoms with Gasteiger partial charge in [0.15, 0.2) is 0 Å². The average Bonchev–Trinajstić information content (AvgIpc) is 2.70. The fraction of sp³-hybridized carbons (Fsp3) is 0.600. The molecule has 1 amide bonds. The lowest BCUT2D eigenvalue weighted by molar-refractivity contribution is -0.119. The van der Waals surface area contributed by atoms with Crippen LogP contribution in [0.4, 0.5) is 0 Å². The van der Waals surface area contributed by atoms with E-state index in [0.29, 0.717) is 12.2 Å². The van der Waals surface area contributed by atoms with Crippen molar-refractivity contribution in [2.45, 2.75) is 25.1 Å². The summed E-state index contributed by atoms with van der Waals surface area (Å²) in [6.45, 7) is 1.99. The van der Waals surface area contributed by atoms with Crippen LogP contribution in [0.1, 0.15) is 19.0 Å². The molecule has 1 rings (SSSR count). The number of aliphatic hydroxyl groups is 1. The number of carbonyl (C=O) groups excluding carboxylic acids is 1. The molecule has 1 unspecified atom stereocenters. The Balaban J connectivity index is 2.10. The number of nitrogens with zero attached hydrogens (tertiary/aromatic N) is 1. The number of hydrogen-bond donors (Lipinski definition) is 2. The lowest BCUT2D eigenvalue weighted by Gasteiger charge is -2.11. The third-order valence-corrected chi connectivity index (χ3v) is 3.54. The summed E-state index contributed by atoms with van der Waals surface area (Å²) in [6, 6.07) is 0.0392. The molecule has 6 heteroatoms. The first-order valence-corrected chi connectivity index (χ1v) is 7.17. The van der Waals surface area contributed by atoms with Crippen molar-refractivity contribution in [3.05, 3.63) is 16.6 Å². The quantitative estimate of drug-likeness (QED) is 0.775. The third kappa shape index (κ3) is 5.48. The minimum atomic E-state index is 0.0150. The first-order valence-electron chi connectivity index (χ1n) is 5.07. The monoisotopic (exact) mass is 260 g/mol. The van der Waals surface area contributed by atoms with Crippen LogP contribution in [-0.4, -0.2) is 34.4 Å². The van der Waals surface area contributed by atoms with Gasteiger partial charge in [-0.1, -0.05) is 0 Å². The van der Waals surface area contributed by atoms with Gasteiger partial charge < -0.3 is 10.4 Å². The highest BCUT2D eigenvalue weighted by Crippen LogP contribution is 2.11. The topological polar surface area (TPSA) is 62.2 Å². The van der Waals surface area contributed by atoms with Crippen molar-refractivity contribution in [2.24, 2.45) is 0 Å². The first kappa shape index (κ1) is 13.5. The highest BCUT2D eigenvalue weighted by Gasteiger charge is 2.06. The Morgan fingerprint density at radius 1 is 1.75 bits per heavy atom. The number of aliphatic hydroxyl groups excluding tert-OH is 1. The second kappa shape index (κ2) is 7.65. The molecule has 0 aliphatic carbocycles. The van der Waals surface area contributed by atoms with Crippen LogP contribution in [0.25, 0.3) is 0 Å². The molecule has 1 aromatic heterocycles. The third-order valence-electron chi connectivity index (χ3n) is 1.94. The van der Waals surface area contributed by atoms with E-state index in [2.05, 4.69) is 10.3 Å². The van der Waals surface area contributed by atoms with Crippen molar-refractivity contribution in [3.8, 4) is 0 Å². The van der Waals surface area contributed by atoms with Crippen LogP contribution in [0.15, 0.2) is 10.9 Å². The molecule has 0 saturated heterocycles. The van der Waals surface area contributed by atoms with Gasteiger partial charge in [0.05, 0.1) is 17.0 Å². The number of nitrogens with one attached hydrogen (secondary N) is 1. The predicted molar refractivity (Wildman–Crippen MR) is 67.6 cm³/mol. The number of aromatic nitrogens is 1. The molecule has 1 atom stereocenters. The highest BCUT2D eigenvalue weighted by molar-refractivity contribution is 7.99. The van der Waals surface area contributed by atoms with E-state index in [4.69, 9.17) is 5.11 Å². The maximum Gasteiger partial charge on any atom is 0.230 e. The van der Waals surface area contributed by atoms with E-state index in [9.17, 15) is 4.79 Å². The molecule has 0 radical (unpaired) electrons. The molecule has 1 heterocycles. The first-order chi connectivity index (χ1) is 7.72. The van der Waals surface area contributed by atoms with E-state index in [-0.39, 0.29) is 18.6 Å². The van der Waals surface area contributed by atoms with Gasteiger partial charge in [-0.3, -0.25) is 4.79 Å². The van der Waals surface area contributed by atoms with Crippen molar-refractivity contribution in [1.29, 1.82) is 0 Å². The van der Waals surface area contributed by atoms with Crippen LogP contribution in [-0.2, 0) is 10.5 Å². The van der Waals surface area contributed by atoms with Gasteiger partial charge in [0.2, 0.25) is 5.91 Å².